The fourth-order valence-corrected chi connectivity index (χ4v) is 3.53. The maximum absolute atomic E-state index is 11.7. The Balaban J connectivity index is 1.72. The van der Waals surface area contributed by atoms with Gasteiger partial charge in [0.05, 0.1) is 11.8 Å². The van der Waals surface area contributed by atoms with E-state index in [4.69, 9.17) is 15.9 Å². The van der Waals surface area contributed by atoms with E-state index in [1.165, 1.54) is 5.01 Å². The van der Waals surface area contributed by atoms with E-state index < -0.39 is 6.03 Å². The molecule has 1 unspecified atom stereocenters. The number of thiophene rings is 1. The zero-order chi connectivity index (χ0) is 16.0. The van der Waals surface area contributed by atoms with Gasteiger partial charge in [0.25, 0.3) is 6.01 Å². The summed E-state index contributed by atoms with van der Waals surface area (Å²) in [6, 6.07) is 8.84. The molecule has 116 valence electrons. The van der Waals surface area contributed by atoms with Crippen molar-refractivity contribution in [1.82, 2.24) is 9.99 Å². The summed E-state index contributed by atoms with van der Waals surface area (Å²) < 4.78 is 5.27. The molecule has 1 atom stereocenters. The Labute approximate surface area is 135 Å². The van der Waals surface area contributed by atoms with Crippen molar-refractivity contribution in [3.05, 3.63) is 46.2 Å². The van der Waals surface area contributed by atoms with Gasteiger partial charge >= 0.3 is 6.03 Å². The standard InChI is InChI=1S/C15H13N5O2S/c16-14-18-10-6-8(3-4-12(10)22-14)9-7-11(13-2-1-5-23-13)20(19-9)15(17)21/h1-6,11H,7H2,(H2,16,18)(H2,17,21). The molecule has 8 heteroatoms. The molecule has 0 bridgehead atoms. The molecule has 0 saturated carbocycles. The van der Waals surface area contributed by atoms with Crippen LogP contribution in [0.1, 0.15) is 22.9 Å². The number of aromatic nitrogens is 1. The number of nitrogens with two attached hydrogens (primary N) is 2. The Morgan fingerprint density at radius 1 is 1.39 bits per heavy atom. The number of oxazole rings is 1. The third-order valence-corrected chi connectivity index (χ3v) is 4.72. The number of urea groups is 1. The Hall–Kier alpha value is -2.87. The van der Waals surface area contributed by atoms with Crippen molar-refractivity contribution in [1.29, 1.82) is 0 Å². The van der Waals surface area contributed by atoms with E-state index in [9.17, 15) is 4.79 Å². The van der Waals surface area contributed by atoms with E-state index in [0.29, 0.717) is 17.5 Å². The molecule has 0 radical (unpaired) electrons. The Kier molecular flexibility index (Phi) is 3.05. The van der Waals surface area contributed by atoms with Crippen molar-refractivity contribution >= 4 is 40.2 Å². The Morgan fingerprint density at radius 2 is 2.26 bits per heavy atom. The van der Waals surface area contributed by atoms with Crippen molar-refractivity contribution < 1.29 is 9.21 Å². The lowest BCUT2D eigenvalue weighted by Gasteiger charge is -2.17. The van der Waals surface area contributed by atoms with Crippen LogP contribution in [0.3, 0.4) is 0 Å². The van der Waals surface area contributed by atoms with Gasteiger partial charge in [-0.1, -0.05) is 6.07 Å². The maximum Gasteiger partial charge on any atom is 0.335 e. The number of nitrogens with zero attached hydrogens (tertiary/aromatic N) is 3. The molecule has 7 nitrogen and oxygen atoms in total. The van der Waals surface area contributed by atoms with Crippen molar-refractivity contribution in [3.8, 4) is 0 Å². The lowest BCUT2D eigenvalue weighted by Crippen LogP contribution is -2.31. The highest BCUT2D eigenvalue weighted by Crippen LogP contribution is 2.35. The molecule has 0 spiro atoms. The van der Waals surface area contributed by atoms with Gasteiger partial charge in [-0.2, -0.15) is 10.1 Å². The summed E-state index contributed by atoms with van der Waals surface area (Å²) in [6.45, 7) is 0. The number of carbonyl (C=O) groups is 1. The second kappa shape index (κ2) is 5.10. The third-order valence-electron chi connectivity index (χ3n) is 3.75. The molecule has 3 heterocycles. The second-order valence-corrected chi connectivity index (χ2v) is 6.18. The van der Waals surface area contributed by atoms with Crippen LogP contribution in [0.15, 0.2) is 45.2 Å². The van der Waals surface area contributed by atoms with Gasteiger partial charge in [0.15, 0.2) is 5.58 Å². The predicted octanol–water partition coefficient (Wildman–Crippen LogP) is 2.70. The smallest absolute Gasteiger partial charge is 0.335 e. The average molecular weight is 327 g/mol. The summed E-state index contributed by atoms with van der Waals surface area (Å²) in [4.78, 5) is 16.9. The molecule has 1 aliphatic heterocycles. The van der Waals surface area contributed by atoms with Crippen LogP contribution in [0.4, 0.5) is 10.8 Å². The molecule has 2 aromatic heterocycles. The van der Waals surface area contributed by atoms with Gasteiger partial charge in [-0.15, -0.1) is 11.3 Å². The summed E-state index contributed by atoms with van der Waals surface area (Å²) in [5.74, 6) is 0. The van der Waals surface area contributed by atoms with Gasteiger partial charge in [-0.3, -0.25) is 0 Å². The Morgan fingerprint density at radius 3 is 3.00 bits per heavy atom. The number of hydrogen-bond acceptors (Lipinski definition) is 6. The molecule has 1 aromatic carbocycles. The molecule has 3 aromatic rings. The number of anilines is 1. The third kappa shape index (κ3) is 2.33. The average Bonchev–Trinajstić information content (AvgIpc) is 3.24. The van der Waals surface area contributed by atoms with Gasteiger partial charge in [-0.25, -0.2) is 9.80 Å². The van der Waals surface area contributed by atoms with Crippen LogP contribution in [-0.2, 0) is 0 Å². The molecule has 4 rings (SSSR count). The van der Waals surface area contributed by atoms with E-state index >= 15 is 0 Å². The number of rotatable bonds is 2. The summed E-state index contributed by atoms with van der Waals surface area (Å²) in [6.07, 6.45) is 0.599. The Bertz CT molecular complexity index is 915. The molecule has 0 aliphatic carbocycles. The monoisotopic (exact) mass is 327 g/mol. The summed E-state index contributed by atoms with van der Waals surface area (Å²) in [5.41, 5.74) is 14.0. The zero-order valence-electron chi connectivity index (χ0n) is 12.0. The van der Waals surface area contributed by atoms with Gasteiger partial charge in [0, 0.05) is 16.9 Å². The molecule has 0 saturated heterocycles. The molecular weight excluding hydrogens is 314 g/mol. The zero-order valence-corrected chi connectivity index (χ0v) is 12.8. The SMILES string of the molecule is NC(=O)N1N=C(c2ccc3oc(N)nc3c2)CC1c1cccs1. The minimum Gasteiger partial charge on any atom is -0.424 e. The topological polar surface area (TPSA) is 111 Å². The van der Waals surface area contributed by atoms with Gasteiger partial charge in [-0.05, 0) is 29.6 Å². The quantitative estimate of drug-likeness (QED) is 0.753. The fraction of sp³-hybridized carbons (Fsp3) is 0.133. The van der Waals surface area contributed by atoms with Crippen molar-refractivity contribution in [3.63, 3.8) is 0 Å². The number of nitrogen functional groups attached to an aromatic ring is 1. The first kappa shape index (κ1) is 13.8. The molecule has 4 N–H and O–H groups in total. The van der Waals surface area contributed by atoms with Crippen LogP contribution in [0, 0.1) is 0 Å². The fourth-order valence-electron chi connectivity index (χ4n) is 2.72. The highest BCUT2D eigenvalue weighted by Gasteiger charge is 2.32. The van der Waals surface area contributed by atoms with E-state index in [2.05, 4.69) is 10.1 Å². The maximum atomic E-state index is 11.7. The van der Waals surface area contributed by atoms with E-state index in [0.717, 1.165) is 16.2 Å². The van der Waals surface area contributed by atoms with Crippen LogP contribution < -0.4 is 11.5 Å². The molecule has 0 fully saturated rings. The van der Waals surface area contributed by atoms with Crippen LogP contribution in [0.25, 0.3) is 11.1 Å². The van der Waals surface area contributed by atoms with E-state index in [1.54, 1.807) is 17.4 Å². The largest absolute Gasteiger partial charge is 0.424 e. The van der Waals surface area contributed by atoms with Gasteiger partial charge < -0.3 is 15.9 Å². The number of carbonyl (C=O) groups excluding carboxylic acids is 1. The first-order valence-electron chi connectivity index (χ1n) is 6.98. The molecule has 2 amide bonds. The minimum atomic E-state index is -0.565. The van der Waals surface area contributed by atoms with Crippen LogP contribution >= 0.6 is 11.3 Å². The van der Waals surface area contributed by atoms with E-state index in [1.807, 2.05) is 29.6 Å². The molecular formula is C15H13N5O2S. The molecule has 23 heavy (non-hydrogen) atoms. The van der Waals surface area contributed by atoms with E-state index in [-0.39, 0.29) is 12.1 Å². The first-order chi connectivity index (χ1) is 11.1. The minimum absolute atomic E-state index is 0.126. The highest BCUT2D eigenvalue weighted by molar-refractivity contribution is 7.10. The predicted molar refractivity (Wildman–Crippen MR) is 88.1 cm³/mol. The lowest BCUT2D eigenvalue weighted by atomic mass is 10.0. The lowest BCUT2D eigenvalue weighted by molar-refractivity contribution is 0.197. The first-order valence-corrected chi connectivity index (χ1v) is 7.86. The van der Waals surface area contributed by atoms with Crippen LogP contribution in [0.2, 0.25) is 0 Å². The summed E-state index contributed by atoms with van der Waals surface area (Å²) >= 11 is 1.58. The normalized spacial score (nSPS) is 17.7. The van der Waals surface area contributed by atoms with Crippen LogP contribution in [0.5, 0.6) is 0 Å². The van der Waals surface area contributed by atoms with Gasteiger partial charge in [0.2, 0.25) is 0 Å². The number of hydrogen-bond donors (Lipinski definition) is 2. The number of amides is 2. The second-order valence-electron chi connectivity index (χ2n) is 5.20. The number of hydrazone groups is 1. The van der Waals surface area contributed by atoms with Crippen LogP contribution in [-0.4, -0.2) is 21.7 Å². The summed E-state index contributed by atoms with van der Waals surface area (Å²) in [5, 5.41) is 7.71. The molecule has 1 aliphatic rings. The number of primary amides is 1. The van der Waals surface area contributed by atoms with Crippen molar-refractivity contribution in [2.45, 2.75) is 12.5 Å². The summed E-state index contributed by atoms with van der Waals surface area (Å²) in [7, 11) is 0. The van der Waals surface area contributed by atoms with Gasteiger partial charge in [0.1, 0.15) is 5.52 Å². The highest BCUT2D eigenvalue weighted by atomic mass is 32.1. The number of benzene rings is 1. The number of fused-ring (bicyclic) bond motifs is 1. The van der Waals surface area contributed by atoms with Crippen molar-refractivity contribution in [2.75, 3.05) is 5.73 Å². The van der Waals surface area contributed by atoms with Crippen molar-refractivity contribution in [2.24, 2.45) is 10.8 Å².